The monoisotopic (exact) mass is 1780 g/mol. The first-order valence-electron chi connectivity index (χ1n) is 42.5. The first kappa shape index (κ1) is 99.9. The van der Waals surface area contributed by atoms with E-state index in [1.807, 2.05) is 6.92 Å². The van der Waals surface area contributed by atoms with E-state index in [0.29, 0.717) is 57.1 Å². The van der Waals surface area contributed by atoms with Gasteiger partial charge >= 0.3 is 5.97 Å². The molecule has 6 aromatic carbocycles. The van der Waals surface area contributed by atoms with Crippen LogP contribution in [0.1, 0.15) is 100 Å². The molecule has 1 saturated heterocycles. The molecule has 1 aliphatic rings. The number of aromatic amines is 1. The number of para-hydroxylation sites is 1. The molecule has 1 unspecified atom stereocenters. The molecule has 0 saturated carbocycles. The van der Waals surface area contributed by atoms with Crippen LogP contribution in [0.15, 0.2) is 176 Å². The number of carbonyl (C=O) groups is 16. The standard InChI is InChI=1S/C93H118N16O18S/c1-11-12-37-74-91(125)106(7)53-79(113)98-70(49-81(115)116)87(121)104-82(57(4)5)93(127)108(9)75(46-60-31-21-15-22-32-60)88(122)102-71(44-58-27-17-13-18-28-58)89(123)105(6)52-78(112)97-69(48-63-50-95-66-36-26-25-35-65(63)66)86(120)101-68(43-62-38-40-64(110)41-39-62)85(119)100-67(42-56(2)3)84(118)103-73(83(117)96-51-77(94)111)54-128-55-80(114)99-72(45-59-29-19-14-20-30-59)90(124)109(10)76(92(126)107(74)8)47-61-33-23-16-24-34-61/h13-36,38-41,50,56-57,67-76,82,95,110H,11-12,37,42-49,51-55H2,1-10H3,(H2,94,111)(H,96,117)(H,97,112)(H,98,113)(H,99,114)(H,100,119)(H,101,120)(H,102,122)(H,103,118)(H,104,121)(H,115,116)/t67-,68-,69-,70-,71-,72-,73-,74-,75?,76-,82-/m0/s1. The molecule has 0 spiro atoms. The van der Waals surface area contributed by atoms with Gasteiger partial charge in [-0.25, -0.2) is 0 Å². The molecule has 128 heavy (non-hydrogen) atoms. The highest BCUT2D eigenvalue weighted by molar-refractivity contribution is 8.00. The number of hydrogen-bond donors (Lipinski definition) is 13. The van der Waals surface area contributed by atoms with Crippen LogP contribution < -0.4 is 53.6 Å². The van der Waals surface area contributed by atoms with E-state index >= 15 is 33.6 Å². The number of H-pyrrole nitrogens is 1. The van der Waals surface area contributed by atoms with E-state index in [9.17, 15) is 53.4 Å². The minimum absolute atomic E-state index is 0.0377. The number of aromatic nitrogens is 1. The Morgan fingerprint density at radius 2 is 0.906 bits per heavy atom. The number of hydrogen-bond acceptors (Lipinski definition) is 18. The summed E-state index contributed by atoms with van der Waals surface area (Å²) in [5, 5.41) is 45.4. The van der Waals surface area contributed by atoms with Gasteiger partial charge in [0.1, 0.15) is 72.2 Å². The van der Waals surface area contributed by atoms with Crippen LogP contribution in [0, 0.1) is 11.8 Å². The predicted octanol–water partition coefficient (Wildman–Crippen LogP) is 2.62. The lowest BCUT2D eigenvalue weighted by molar-refractivity contribution is -0.151. The number of likely N-dealkylation sites (N-methyl/N-ethyl adjacent to an activating group) is 5. The number of carbonyl (C=O) groups excluding carboxylic acids is 15. The number of nitrogens with zero attached hydrogens (tertiary/aromatic N) is 5. The summed E-state index contributed by atoms with van der Waals surface area (Å²) in [4.78, 5) is 243. The molecule has 2 heterocycles. The second-order valence-corrected chi connectivity index (χ2v) is 33.9. The zero-order valence-electron chi connectivity index (χ0n) is 73.7. The number of fused-ring (bicyclic) bond motifs is 1. The second kappa shape index (κ2) is 48.9. The molecule has 0 aliphatic carbocycles. The Kier molecular flexibility index (Phi) is 38.2. The van der Waals surface area contributed by atoms with Crippen LogP contribution in [-0.2, 0) is 115 Å². The van der Waals surface area contributed by atoms with E-state index in [2.05, 4.69) is 52.8 Å². The number of carboxylic acid groups (broad SMARTS) is 1. The van der Waals surface area contributed by atoms with Crippen molar-refractivity contribution in [3.8, 4) is 5.75 Å². The number of amides is 15. The smallest absolute Gasteiger partial charge is 0.305 e. The van der Waals surface area contributed by atoms with Gasteiger partial charge in [-0.15, -0.1) is 11.8 Å². The molecule has 15 amide bonds. The van der Waals surface area contributed by atoms with Crippen molar-refractivity contribution in [1.29, 1.82) is 0 Å². The van der Waals surface area contributed by atoms with Crippen molar-refractivity contribution in [2.24, 2.45) is 17.6 Å². The van der Waals surface area contributed by atoms with Gasteiger partial charge in [-0.2, -0.15) is 0 Å². The third kappa shape index (κ3) is 30.1. The highest BCUT2D eigenvalue weighted by Crippen LogP contribution is 2.24. The van der Waals surface area contributed by atoms with E-state index in [0.717, 1.165) is 26.5 Å². The number of aromatic hydroxyl groups is 1. The fourth-order valence-corrected chi connectivity index (χ4v) is 15.8. The summed E-state index contributed by atoms with van der Waals surface area (Å²) in [5.41, 5.74) is 9.35. The molecule has 1 aliphatic heterocycles. The van der Waals surface area contributed by atoms with Crippen LogP contribution >= 0.6 is 11.8 Å². The number of thioether (sulfide) groups is 1. The van der Waals surface area contributed by atoms with Gasteiger partial charge in [0.25, 0.3) is 0 Å². The SMILES string of the molecule is CCCC[C@H]1C(=O)N(C)CC(=O)N[C@@H](CC(=O)O)C(=O)N[C@@H](C(C)C)C(=O)N(C)C(Cc2ccccc2)C(=O)N[C@@H](Cc2ccccc2)C(=O)N(C)CC(=O)N[C@@H](Cc2c[nH]c3ccccc23)C(=O)N[C@@H](Cc2ccc(O)cc2)C(=O)N[C@@H](CC(C)C)C(=O)N[C@H](C(=O)NCC(N)=O)CSCC(=O)N[C@@H](Cc2ccccc2)C(=O)N(C)[C@@H](Cc2ccccc2)C(=O)N1C. The van der Waals surface area contributed by atoms with Crippen LogP contribution in [0.3, 0.4) is 0 Å². The fraction of sp³-hybridized carbons (Fsp3) is 0.419. The largest absolute Gasteiger partial charge is 0.508 e. The van der Waals surface area contributed by atoms with Crippen molar-refractivity contribution in [1.82, 2.24) is 77.3 Å². The average Bonchev–Trinajstić information content (AvgIpc) is 1.29. The lowest BCUT2D eigenvalue weighted by Gasteiger charge is -2.37. The molecule has 35 heteroatoms. The Labute approximate surface area is 748 Å². The van der Waals surface area contributed by atoms with Gasteiger partial charge in [0.2, 0.25) is 88.6 Å². The van der Waals surface area contributed by atoms with Gasteiger partial charge in [0.05, 0.1) is 31.8 Å². The maximum absolute atomic E-state index is 15.5. The molecular formula is C93H118N16O18S. The van der Waals surface area contributed by atoms with Crippen molar-refractivity contribution in [2.45, 2.75) is 172 Å². The summed E-state index contributed by atoms with van der Waals surface area (Å²) in [7, 11) is 6.62. The Hall–Kier alpha value is -13.5. The summed E-state index contributed by atoms with van der Waals surface area (Å²) in [6.07, 6.45) is 0.345. The maximum atomic E-state index is 15.5. The number of nitrogens with two attached hydrogens (primary N) is 1. The van der Waals surface area contributed by atoms with Gasteiger partial charge < -0.3 is 93.3 Å². The summed E-state index contributed by atoms with van der Waals surface area (Å²) in [5.74, 6) is -17.0. The third-order valence-corrected chi connectivity index (χ3v) is 23.0. The van der Waals surface area contributed by atoms with E-state index in [1.165, 1.54) is 69.3 Å². The van der Waals surface area contributed by atoms with Crippen LogP contribution in [0.2, 0.25) is 0 Å². The molecule has 7 aromatic rings. The Balaban J connectivity index is 1.21. The molecular weight excluding hydrogens is 1660 g/mol. The lowest BCUT2D eigenvalue weighted by Crippen LogP contribution is -2.61. The van der Waals surface area contributed by atoms with Crippen molar-refractivity contribution < 1.29 is 86.9 Å². The van der Waals surface area contributed by atoms with Crippen LogP contribution in [0.5, 0.6) is 5.75 Å². The highest BCUT2D eigenvalue weighted by atomic mass is 32.2. The summed E-state index contributed by atoms with van der Waals surface area (Å²) < 4.78 is 0. The topological polar surface area (TPSA) is 480 Å². The van der Waals surface area contributed by atoms with Crippen molar-refractivity contribution in [3.05, 3.63) is 209 Å². The van der Waals surface area contributed by atoms with Crippen LogP contribution in [0.4, 0.5) is 0 Å². The van der Waals surface area contributed by atoms with Gasteiger partial charge in [0.15, 0.2) is 0 Å². The zero-order valence-corrected chi connectivity index (χ0v) is 74.5. The Morgan fingerprint density at radius 3 is 1.45 bits per heavy atom. The number of phenolic OH excluding ortho intramolecular Hbond substituents is 1. The van der Waals surface area contributed by atoms with Gasteiger partial charge in [-0.3, -0.25) is 76.7 Å². The molecule has 0 bridgehead atoms. The normalized spacial score (nSPS) is 22.0. The van der Waals surface area contributed by atoms with Crippen LogP contribution in [-0.4, -0.2) is 267 Å². The first-order valence-corrected chi connectivity index (χ1v) is 43.7. The van der Waals surface area contributed by atoms with Crippen molar-refractivity contribution in [2.75, 3.05) is 66.4 Å². The number of benzene rings is 6. The van der Waals surface area contributed by atoms with Crippen molar-refractivity contribution >= 4 is 117 Å². The molecule has 8 rings (SSSR count). The summed E-state index contributed by atoms with van der Waals surface area (Å²) in [6, 6.07) is 30.6. The quantitative estimate of drug-likeness (QED) is 0.0438. The van der Waals surface area contributed by atoms with Gasteiger partial charge in [-0.05, 0) is 76.3 Å². The lowest BCUT2D eigenvalue weighted by atomic mass is 9.98. The number of aliphatic carboxylic acids is 1. The summed E-state index contributed by atoms with van der Waals surface area (Å²) in [6.45, 7) is 6.28. The molecule has 1 fully saturated rings. The molecule has 684 valence electrons. The number of primary amides is 1. The fourth-order valence-electron chi connectivity index (χ4n) is 14.9. The molecule has 11 atom stereocenters. The molecule has 1 aromatic heterocycles. The number of nitrogens with one attached hydrogen (secondary N) is 10. The number of rotatable bonds is 23. The minimum Gasteiger partial charge on any atom is -0.508 e. The Morgan fingerprint density at radius 1 is 0.461 bits per heavy atom. The number of phenols is 1. The first-order chi connectivity index (χ1) is 61.0. The summed E-state index contributed by atoms with van der Waals surface area (Å²) >= 11 is 0.836. The van der Waals surface area contributed by atoms with Crippen molar-refractivity contribution in [3.63, 3.8) is 0 Å². The predicted molar refractivity (Wildman–Crippen MR) is 480 cm³/mol. The highest BCUT2D eigenvalue weighted by Gasteiger charge is 2.42. The second-order valence-electron chi connectivity index (χ2n) is 32.9. The average molecular weight is 1780 g/mol. The Bertz CT molecular complexity index is 5010. The van der Waals surface area contributed by atoms with E-state index in [4.69, 9.17) is 5.73 Å². The van der Waals surface area contributed by atoms with Gasteiger partial charge in [-0.1, -0.05) is 199 Å². The van der Waals surface area contributed by atoms with Crippen LogP contribution in [0.25, 0.3) is 10.9 Å². The maximum Gasteiger partial charge on any atom is 0.305 e. The number of unbranched alkanes of at least 4 members (excludes halogenated alkanes) is 1. The van der Waals surface area contributed by atoms with E-state index in [1.54, 1.807) is 179 Å². The zero-order chi connectivity index (χ0) is 93.4. The molecule has 34 nitrogen and oxygen atoms in total. The van der Waals surface area contributed by atoms with Gasteiger partial charge in [0, 0.05) is 96.6 Å². The number of carboxylic acids is 1. The minimum atomic E-state index is -1.89. The van der Waals surface area contributed by atoms with E-state index in [-0.39, 0.29) is 68.8 Å². The van der Waals surface area contributed by atoms with E-state index < -0.39 is 199 Å². The molecule has 0 radical (unpaired) electrons. The molecule has 14 N–H and O–H groups in total. The third-order valence-electron chi connectivity index (χ3n) is 22.0.